The van der Waals surface area contributed by atoms with Gasteiger partial charge in [-0.1, -0.05) is 0 Å². The van der Waals surface area contributed by atoms with Crippen LogP contribution < -0.4 is 11.1 Å². The quantitative estimate of drug-likeness (QED) is 0.673. The van der Waals surface area contributed by atoms with Crippen molar-refractivity contribution in [2.24, 2.45) is 22.7 Å². The van der Waals surface area contributed by atoms with Gasteiger partial charge in [-0.15, -0.1) is 0 Å². The Kier molecular flexibility index (Phi) is 5.45. The summed E-state index contributed by atoms with van der Waals surface area (Å²) in [6.45, 7) is 0.425. The number of hydrogen-bond donors (Lipinski definition) is 3. The lowest BCUT2D eigenvalue weighted by Gasteiger charge is -2.31. The van der Waals surface area contributed by atoms with Crippen molar-refractivity contribution in [3.63, 3.8) is 0 Å². The highest BCUT2D eigenvalue weighted by Gasteiger charge is 2.33. The lowest BCUT2D eigenvalue weighted by atomic mass is 9.79. The van der Waals surface area contributed by atoms with E-state index in [1.54, 1.807) is 10.9 Å². The maximum Gasteiger partial charge on any atom is 0.254 e. The Balaban J connectivity index is 1.86. The van der Waals surface area contributed by atoms with Gasteiger partial charge < -0.3 is 11.1 Å². The summed E-state index contributed by atoms with van der Waals surface area (Å²) in [4.78, 5) is 11.8. The molecule has 3 rings (SSSR count). The van der Waals surface area contributed by atoms with E-state index < -0.39 is 5.91 Å². The summed E-state index contributed by atoms with van der Waals surface area (Å²) in [7, 11) is 0. The van der Waals surface area contributed by atoms with Gasteiger partial charge in [-0.25, -0.2) is 9.92 Å². The van der Waals surface area contributed by atoms with Crippen LogP contribution in [0.15, 0.2) is 35.6 Å². The largest absolute Gasteiger partial charge is 0.365 e. The van der Waals surface area contributed by atoms with E-state index in [9.17, 15) is 14.4 Å². The van der Waals surface area contributed by atoms with Crippen molar-refractivity contribution in [3.8, 4) is 6.07 Å². The zero-order valence-corrected chi connectivity index (χ0v) is 14.6. The van der Waals surface area contributed by atoms with E-state index in [1.807, 2.05) is 0 Å². The van der Waals surface area contributed by atoms with Gasteiger partial charge in [0.25, 0.3) is 5.91 Å². The van der Waals surface area contributed by atoms with Gasteiger partial charge in [-0.05, 0) is 49.4 Å². The maximum atomic E-state index is 13.1. The Morgan fingerprint density at radius 3 is 2.81 bits per heavy atom. The van der Waals surface area contributed by atoms with Gasteiger partial charge in [0.05, 0.1) is 24.6 Å². The van der Waals surface area contributed by atoms with Crippen LogP contribution in [0, 0.1) is 34.5 Å². The minimum absolute atomic E-state index is 0.182. The van der Waals surface area contributed by atoms with Crippen molar-refractivity contribution >= 4 is 17.4 Å². The van der Waals surface area contributed by atoms with Crippen LogP contribution in [-0.2, 0) is 0 Å². The molecule has 1 heterocycles. The number of aromatic nitrogens is 2. The van der Waals surface area contributed by atoms with Crippen molar-refractivity contribution in [1.29, 1.82) is 10.8 Å². The molecule has 27 heavy (non-hydrogen) atoms. The van der Waals surface area contributed by atoms with Crippen LogP contribution in [0.5, 0.6) is 0 Å². The molecule has 1 fully saturated rings. The van der Waals surface area contributed by atoms with Crippen molar-refractivity contribution in [3.05, 3.63) is 41.8 Å². The van der Waals surface area contributed by atoms with Crippen LogP contribution in [0.1, 0.15) is 35.7 Å². The Morgan fingerprint density at radius 2 is 2.19 bits per heavy atom. The van der Waals surface area contributed by atoms with Crippen LogP contribution in [-0.4, -0.2) is 22.2 Å². The van der Waals surface area contributed by atoms with Gasteiger partial charge in [0.1, 0.15) is 11.4 Å². The minimum atomic E-state index is -0.638. The number of carbonyl (C=O) groups excluding carboxylic acids is 1. The smallest absolute Gasteiger partial charge is 0.254 e. The first-order valence-corrected chi connectivity index (χ1v) is 8.66. The highest BCUT2D eigenvalue weighted by molar-refractivity contribution is 5.98. The first-order valence-electron chi connectivity index (χ1n) is 8.66. The SMILES string of the molecule is N#CC1CC(CN=N)CCC1n1cc(C(N)=O)c(Nc2ccc(F)cc2)n1. The Labute approximate surface area is 155 Å². The van der Waals surface area contributed by atoms with Crippen molar-refractivity contribution in [2.75, 3.05) is 11.9 Å². The summed E-state index contributed by atoms with van der Waals surface area (Å²) >= 11 is 0. The number of anilines is 2. The van der Waals surface area contributed by atoms with Crippen LogP contribution in [0.4, 0.5) is 15.9 Å². The molecule has 1 aliphatic rings. The van der Waals surface area contributed by atoms with Crippen LogP contribution in [0.3, 0.4) is 0 Å². The molecular formula is C18H20FN7O. The fourth-order valence-electron chi connectivity index (χ4n) is 3.50. The first kappa shape index (κ1) is 18.5. The molecular weight excluding hydrogens is 349 g/mol. The van der Waals surface area contributed by atoms with E-state index in [1.165, 1.54) is 24.3 Å². The molecule has 1 saturated carbocycles. The van der Waals surface area contributed by atoms with E-state index in [2.05, 4.69) is 21.6 Å². The zero-order valence-electron chi connectivity index (χ0n) is 14.6. The van der Waals surface area contributed by atoms with Gasteiger partial charge in [0.15, 0.2) is 5.82 Å². The number of nitrogens with two attached hydrogens (primary N) is 1. The number of nitrogens with one attached hydrogen (secondary N) is 2. The molecule has 0 bridgehead atoms. The maximum absolute atomic E-state index is 13.1. The van der Waals surface area contributed by atoms with Crippen molar-refractivity contribution in [1.82, 2.24) is 9.78 Å². The number of carbonyl (C=O) groups is 1. The molecule has 4 N–H and O–H groups in total. The predicted molar refractivity (Wildman–Crippen MR) is 95.9 cm³/mol. The van der Waals surface area contributed by atoms with E-state index in [4.69, 9.17) is 11.3 Å². The summed E-state index contributed by atoms with van der Waals surface area (Å²) in [5.74, 6) is -0.805. The van der Waals surface area contributed by atoms with Crippen LogP contribution in [0.2, 0.25) is 0 Å². The molecule has 1 aromatic heterocycles. The van der Waals surface area contributed by atoms with Crippen LogP contribution in [0.25, 0.3) is 0 Å². The Morgan fingerprint density at radius 1 is 1.44 bits per heavy atom. The highest BCUT2D eigenvalue weighted by Crippen LogP contribution is 2.37. The van der Waals surface area contributed by atoms with E-state index in [-0.39, 0.29) is 35.1 Å². The fourth-order valence-corrected chi connectivity index (χ4v) is 3.50. The molecule has 0 saturated heterocycles. The molecule has 3 unspecified atom stereocenters. The number of rotatable bonds is 6. The average molecular weight is 369 g/mol. The molecule has 1 aliphatic carbocycles. The van der Waals surface area contributed by atoms with Gasteiger partial charge in [0, 0.05) is 11.9 Å². The standard InChI is InChI=1S/C18H20FN7O/c19-13-2-4-14(5-3-13)24-18-15(17(21)27)10-26(25-18)16-6-1-11(9-23-22)7-12(16)8-20/h2-5,10-12,16,22H,1,6-7,9H2,(H2,21,27)(H,24,25). The van der Waals surface area contributed by atoms with E-state index in [0.717, 1.165) is 6.42 Å². The zero-order chi connectivity index (χ0) is 19.4. The normalized spacial score (nSPS) is 22.0. The van der Waals surface area contributed by atoms with Crippen LogP contribution >= 0.6 is 0 Å². The minimum Gasteiger partial charge on any atom is -0.365 e. The average Bonchev–Trinajstić information content (AvgIpc) is 3.07. The highest BCUT2D eigenvalue weighted by atomic mass is 19.1. The molecule has 3 atom stereocenters. The second-order valence-corrected chi connectivity index (χ2v) is 6.69. The Bertz CT molecular complexity index is 871. The number of benzene rings is 1. The molecule has 0 radical (unpaired) electrons. The fraction of sp³-hybridized carbons (Fsp3) is 0.389. The van der Waals surface area contributed by atoms with Gasteiger partial charge in [-0.2, -0.15) is 15.5 Å². The second kappa shape index (κ2) is 7.95. The predicted octanol–water partition coefficient (Wildman–Crippen LogP) is 3.38. The second-order valence-electron chi connectivity index (χ2n) is 6.69. The molecule has 9 heteroatoms. The molecule has 1 aromatic carbocycles. The van der Waals surface area contributed by atoms with E-state index >= 15 is 0 Å². The summed E-state index contributed by atoms with van der Waals surface area (Å²) in [5, 5.41) is 20.4. The third-order valence-electron chi connectivity index (χ3n) is 4.88. The first-order chi connectivity index (χ1) is 13.0. The van der Waals surface area contributed by atoms with Gasteiger partial charge >= 0.3 is 0 Å². The van der Waals surface area contributed by atoms with Crippen molar-refractivity contribution < 1.29 is 9.18 Å². The number of amides is 1. The van der Waals surface area contributed by atoms with Crippen molar-refractivity contribution in [2.45, 2.75) is 25.3 Å². The van der Waals surface area contributed by atoms with Gasteiger partial charge in [-0.3, -0.25) is 9.48 Å². The number of halogens is 1. The summed E-state index contributed by atoms with van der Waals surface area (Å²) < 4.78 is 14.7. The molecule has 1 amide bonds. The third kappa shape index (κ3) is 4.11. The molecule has 0 spiro atoms. The molecule has 0 aliphatic heterocycles. The summed E-state index contributed by atoms with van der Waals surface area (Å²) in [6.07, 6.45) is 3.72. The lowest BCUT2D eigenvalue weighted by molar-refractivity contribution is 0.100. The summed E-state index contributed by atoms with van der Waals surface area (Å²) in [5.41, 5.74) is 13.3. The number of hydrogen-bond acceptors (Lipinski definition) is 6. The molecule has 2 aromatic rings. The summed E-state index contributed by atoms with van der Waals surface area (Å²) in [6, 6.07) is 7.80. The monoisotopic (exact) mass is 369 g/mol. The Hall–Kier alpha value is -3.28. The lowest BCUT2D eigenvalue weighted by Crippen LogP contribution is -2.28. The molecule has 140 valence electrons. The van der Waals surface area contributed by atoms with Gasteiger partial charge in [0.2, 0.25) is 0 Å². The topological polar surface area (TPSA) is 133 Å². The third-order valence-corrected chi connectivity index (χ3v) is 4.88. The number of nitrogens with zero attached hydrogens (tertiary/aromatic N) is 4. The van der Waals surface area contributed by atoms with E-state index in [0.29, 0.717) is 25.1 Å². The number of nitriles is 1. The molecule has 8 nitrogen and oxygen atoms in total. The number of primary amides is 1.